The van der Waals surface area contributed by atoms with E-state index >= 15 is 0 Å². The van der Waals surface area contributed by atoms with Crippen LogP contribution >= 0.6 is 11.3 Å². The summed E-state index contributed by atoms with van der Waals surface area (Å²) in [6, 6.07) is 13.0. The Bertz CT molecular complexity index is 892. The van der Waals surface area contributed by atoms with E-state index in [2.05, 4.69) is 22.4 Å². The highest BCUT2D eigenvalue weighted by molar-refractivity contribution is 7.89. The number of hydrogen-bond donors (Lipinski definition) is 0. The van der Waals surface area contributed by atoms with E-state index in [1.807, 2.05) is 0 Å². The quantitative estimate of drug-likeness (QED) is 0.747. The topological polar surface area (TPSA) is 60.9 Å². The smallest absolute Gasteiger partial charge is 0.243 e. The summed E-state index contributed by atoms with van der Waals surface area (Å²) >= 11 is 1.75. The summed E-state index contributed by atoms with van der Waals surface area (Å²) in [6.45, 7) is 2.93. The lowest BCUT2D eigenvalue weighted by atomic mass is 10.2. The summed E-state index contributed by atoms with van der Waals surface area (Å²) < 4.78 is 26.9. The molecule has 1 aromatic heterocycles. The molecule has 0 saturated carbocycles. The molecule has 2 aliphatic heterocycles. The van der Waals surface area contributed by atoms with Crippen LogP contribution in [0.4, 0.5) is 0 Å². The minimum absolute atomic E-state index is 0.0974. The van der Waals surface area contributed by atoms with Crippen molar-refractivity contribution in [1.82, 2.24) is 14.1 Å². The van der Waals surface area contributed by atoms with Crippen LogP contribution in [0.3, 0.4) is 0 Å². The second kappa shape index (κ2) is 8.32. The van der Waals surface area contributed by atoms with Crippen LogP contribution in [-0.4, -0.2) is 67.7 Å². The first-order valence-corrected chi connectivity index (χ1v) is 12.0. The third kappa shape index (κ3) is 4.00. The van der Waals surface area contributed by atoms with E-state index in [-0.39, 0.29) is 5.91 Å². The highest BCUT2D eigenvalue weighted by Gasteiger charge is 2.33. The summed E-state index contributed by atoms with van der Waals surface area (Å²) in [5, 5.41) is 2.08. The lowest BCUT2D eigenvalue weighted by Crippen LogP contribution is -2.52. The van der Waals surface area contributed by atoms with E-state index in [4.69, 9.17) is 0 Å². The maximum atomic E-state index is 12.8. The number of hydrogen-bond acceptors (Lipinski definition) is 5. The van der Waals surface area contributed by atoms with Crippen molar-refractivity contribution < 1.29 is 13.2 Å². The van der Waals surface area contributed by atoms with Gasteiger partial charge in [-0.25, -0.2) is 8.42 Å². The largest absolute Gasteiger partial charge is 0.339 e. The summed E-state index contributed by atoms with van der Waals surface area (Å²) in [5.41, 5.74) is 0. The molecule has 1 aromatic carbocycles. The number of likely N-dealkylation sites (tertiary alicyclic amines) is 1. The molecule has 8 heteroatoms. The number of thiophene rings is 1. The van der Waals surface area contributed by atoms with Crippen molar-refractivity contribution in [2.45, 2.75) is 23.8 Å². The first kappa shape index (κ1) is 19.6. The lowest BCUT2D eigenvalue weighted by molar-refractivity contribution is -0.133. The van der Waals surface area contributed by atoms with Crippen molar-refractivity contribution in [1.29, 1.82) is 0 Å². The van der Waals surface area contributed by atoms with Crippen LogP contribution in [0.25, 0.3) is 0 Å². The van der Waals surface area contributed by atoms with Crippen LogP contribution in [0.1, 0.15) is 23.8 Å². The third-order valence-electron chi connectivity index (χ3n) is 5.55. The van der Waals surface area contributed by atoms with Gasteiger partial charge in [-0.2, -0.15) is 4.31 Å². The Morgan fingerprint density at radius 3 is 2.43 bits per heavy atom. The van der Waals surface area contributed by atoms with Crippen molar-refractivity contribution >= 4 is 27.3 Å². The standard InChI is InChI=1S/C20H25N3O3S2/c24-20(16-22-10-4-8-18(22)19-9-5-15-27-19)21-11-13-23(14-12-21)28(25,26)17-6-2-1-3-7-17/h1-3,5-7,9,15,18H,4,8,10-14,16H2/t18-/m0/s1. The summed E-state index contributed by atoms with van der Waals surface area (Å²) in [4.78, 5) is 18.5. The number of amides is 1. The minimum Gasteiger partial charge on any atom is -0.339 e. The Labute approximate surface area is 170 Å². The van der Waals surface area contributed by atoms with E-state index in [1.54, 1.807) is 46.6 Å². The normalized spacial score (nSPS) is 21.9. The number of rotatable bonds is 5. The highest BCUT2D eigenvalue weighted by atomic mass is 32.2. The molecule has 0 spiro atoms. The predicted octanol–water partition coefficient (Wildman–Crippen LogP) is 2.42. The van der Waals surface area contributed by atoms with E-state index < -0.39 is 10.0 Å². The van der Waals surface area contributed by atoms with Gasteiger partial charge in [-0.15, -0.1) is 11.3 Å². The van der Waals surface area contributed by atoms with Gasteiger partial charge in [0.1, 0.15) is 0 Å². The molecular weight excluding hydrogens is 394 g/mol. The van der Waals surface area contributed by atoms with Crippen LogP contribution in [0.2, 0.25) is 0 Å². The van der Waals surface area contributed by atoms with Crippen LogP contribution in [-0.2, 0) is 14.8 Å². The molecule has 1 amide bonds. The van der Waals surface area contributed by atoms with E-state index in [1.165, 1.54) is 9.18 Å². The van der Waals surface area contributed by atoms with E-state index in [9.17, 15) is 13.2 Å². The van der Waals surface area contributed by atoms with Gasteiger partial charge >= 0.3 is 0 Å². The zero-order valence-corrected chi connectivity index (χ0v) is 17.4. The Kier molecular flexibility index (Phi) is 5.82. The van der Waals surface area contributed by atoms with Gasteiger partial charge in [-0.3, -0.25) is 9.69 Å². The maximum Gasteiger partial charge on any atom is 0.243 e. The van der Waals surface area contributed by atoms with Crippen molar-refractivity contribution in [2.24, 2.45) is 0 Å². The molecule has 2 aromatic rings. The number of carbonyl (C=O) groups excluding carboxylic acids is 1. The van der Waals surface area contributed by atoms with Crippen LogP contribution < -0.4 is 0 Å². The fourth-order valence-corrected chi connectivity index (χ4v) is 6.35. The molecular formula is C20H25N3O3S2. The van der Waals surface area contributed by atoms with Crippen LogP contribution in [0.5, 0.6) is 0 Å². The Balaban J connectivity index is 1.34. The molecule has 0 radical (unpaired) electrons. The van der Waals surface area contributed by atoms with Crippen LogP contribution in [0, 0.1) is 0 Å². The monoisotopic (exact) mass is 419 g/mol. The predicted molar refractivity (Wildman–Crippen MR) is 110 cm³/mol. The van der Waals surface area contributed by atoms with Crippen molar-refractivity contribution in [3.8, 4) is 0 Å². The van der Waals surface area contributed by atoms with Crippen molar-refractivity contribution in [3.63, 3.8) is 0 Å². The molecule has 0 unspecified atom stereocenters. The number of benzene rings is 1. The first-order chi connectivity index (χ1) is 13.6. The molecule has 2 aliphatic rings. The third-order valence-corrected chi connectivity index (χ3v) is 8.43. The fourth-order valence-electron chi connectivity index (χ4n) is 4.01. The molecule has 0 aliphatic carbocycles. The van der Waals surface area contributed by atoms with Gasteiger partial charge in [-0.05, 0) is 43.0 Å². The molecule has 0 bridgehead atoms. The molecule has 28 heavy (non-hydrogen) atoms. The zero-order chi connectivity index (χ0) is 19.6. The highest BCUT2D eigenvalue weighted by Crippen LogP contribution is 2.34. The van der Waals surface area contributed by atoms with Gasteiger partial charge in [0.2, 0.25) is 15.9 Å². The SMILES string of the molecule is O=C(CN1CCC[C@H]1c1cccs1)N1CCN(S(=O)(=O)c2ccccc2)CC1. The number of sulfonamides is 1. The summed E-state index contributed by atoms with van der Waals surface area (Å²) in [7, 11) is -3.49. The zero-order valence-electron chi connectivity index (χ0n) is 15.7. The minimum atomic E-state index is -3.49. The van der Waals surface area contributed by atoms with Gasteiger partial charge in [0.05, 0.1) is 11.4 Å². The van der Waals surface area contributed by atoms with Gasteiger partial charge < -0.3 is 4.90 Å². The molecule has 0 N–H and O–H groups in total. The van der Waals surface area contributed by atoms with Gasteiger partial charge in [0.15, 0.2) is 0 Å². The Morgan fingerprint density at radius 2 is 1.75 bits per heavy atom. The summed E-state index contributed by atoms with van der Waals surface area (Å²) in [5.74, 6) is 0.0974. The average molecular weight is 420 g/mol. The lowest BCUT2D eigenvalue weighted by Gasteiger charge is -2.35. The molecule has 4 rings (SSSR count). The molecule has 2 fully saturated rings. The maximum absolute atomic E-state index is 12.8. The molecule has 2 saturated heterocycles. The second-order valence-corrected chi connectivity index (χ2v) is 10.2. The first-order valence-electron chi connectivity index (χ1n) is 9.66. The molecule has 1 atom stereocenters. The Morgan fingerprint density at radius 1 is 1.00 bits per heavy atom. The average Bonchev–Trinajstić information content (AvgIpc) is 3.40. The van der Waals surface area contributed by atoms with Crippen molar-refractivity contribution in [2.75, 3.05) is 39.3 Å². The molecule has 150 valence electrons. The molecule has 3 heterocycles. The van der Waals surface area contributed by atoms with Gasteiger partial charge in [-0.1, -0.05) is 24.3 Å². The number of nitrogens with zero attached hydrogens (tertiary/aromatic N) is 3. The summed E-state index contributed by atoms with van der Waals surface area (Å²) in [6.07, 6.45) is 2.20. The van der Waals surface area contributed by atoms with Gasteiger partial charge in [0, 0.05) is 37.1 Å². The van der Waals surface area contributed by atoms with Crippen molar-refractivity contribution in [3.05, 3.63) is 52.7 Å². The van der Waals surface area contributed by atoms with E-state index in [0.29, 0.717) is 43.7 Å². The number of piperazine rings is 1. The second-order valence-electron chi connectivity index (χ2n) is 7.24. The van der Waals surface area contributed by atoms with Crippen LogP contribution in [0.15, 0.2) is 52.7 Å². The fraction of sp³-hybridized carbons (Fsp3) is 0.450. The molecule has 6 nitrogen and oxygen atoms in total. The van der Waals surface area contributed by atoms with Gasteiger partial charge in [0.25, 0.3) is 0 Å². The van der Waals surface area contributed by atoms with E-state index in [0.717, 1.165) is 19.4 Å². The number of carbonyl (C=O) groups is 1. The Hall–Kier alpha value is -1.74.